The van der Waals surface area contributed by atoms with Gasteiger partial charge in [-0.2, -0.15) is 5.10 Å². The van der Waals surface area contributed by atoms with Crippen molar-refractivity contribution < 1.29 is 32.2 Å². The maximum absolute atomic E-state index is 12.7. The fourth-order valence-corrected chi connectivity index (χ4v) is 4.96. The number of ether oxygens (including phenoxy) is 3. The highest BCUT2D eigenvalue weighted by atomic mass is 35.5. The number of carbonyl (C=O) groups excluding carboxylic acids is 2. The van der Waals surface area contributed by atoms with Gasteiger partial charge in [-0.05, 0) is 103 Å². The minimum atomic E-state index is -3.82. The number of hydrogen-bond acceptors (Lipinski definition) is 8. The number of halogens is 1. The molecule has 0 bridgehead atoms. The quantitative estimate of drug-likeness (QED) is 0.0578. The van der Waals surface area contributed by atoms with Crippen molar-refractivity contribution in [3.63, 3.8) is 0 Å². The van der Waals surface area contributed by atoms with Crippen molar-refractivity contribution in [3.8, 4) is 17.2 Å². The van der Waals surface area contributed by atoms with Crippen LogP contribution in [0.3, 0.4) is 0 Å². The van der Waals surface area contributed by atoms with Gasteiger partial charge >= 0.3 is 5.97 Å². The van der Waals surface area contributed by atoms with Gasteiger partial charge in [-0.25, -0.2) is 18.6 Å². The number of amides is 1. The molecule has 228 valence electrons. The summed E-state index contributed by atoms with van der Waals surface area (Å²) in [5, 5.41) is 4.39. The number of benzene rings is 4. The summed E-state index contributed by atoms with van der Waals surface area (Å²) in [5.74, 6) is 0.130. The number of methoxy groups -OCH3 is 1. The summed E-state index contributed by atoms with van der Waals surface area (Å²) in [5.41, 5.74) is 3.88. The van der Waals surface area contributed by atoms with Crippen LogP contribution in [-0.4, -0.2) is 40.2 Å². The molecule has 0 spiro atoms. The smallest absolute Gasteiger partial charge is 0.343 e. The lowest BCUT2D eigenvalue weighted by molar-refractivity contribution is 0.0729. The summed E-state index contributed by atoms with van der Waals surface area (Å²) in [6.45, 7) is 2.70. The van der Waals surface area contributed by atoms with Crippen LogP contribution in [-0.2, 0) is 10.0 Å². The Bertz CT molecular complexity index is 1730. The van der Waals surface area contributed by atoms with Gasteiger partial charge in [-0.15, -0.1) is 0 Å². The minimum Gasteiger partial charge on any atom is -0.494 e. The van der Waals surface area contributed by atoms with E-state index in [4.69, 9.17) is 25.8 Å². The van der Waals surface area contributed by atoms with E-state index in [9.17, 15) is 18.0 Å². The Kier molecular flexibility index (Phi) is 11.0. The molecular weight excluding hydrogens is 606 g/mol. The minimum absolute atomic E-state index is 0.0548. The molecule has 12 heteroatoms. The third-order valence-corrected chi connectivity index (χ3v) is 7.80. The number of carbonyl (C=O) groups is 2. The van der Waals surface area contributed by atoms with Gasteiger partial charge in [0.15, 0.2) is 11.5 Å². The van der Waals surface area contributed by atoms with E-state index < -0.39 is 21.9 Å². The fraction of sp³-hybridized carbons (Fsp3) is 0.156. The second kappa shape index (κ2) is 15.0. The van der Waals surface area contributed by atoms with Crippen LogP contribution >= 0.6 is 11.6 Å². The Morgan fingerprint density at radius 3 is 2.23 bits per heavy atom. The molecule has 44 heavy (non-hydrogen) atoms. The van der Waals surface area contributed by atoms with Crippen LogP contribution in [0.4, 0.5) is 5.69 Å². The zero-order valence-electron chi connectivity index (χ0n) is 24.0. The highest BCUT2D eigenvalue weighted by Gasteiger charge is 2.15. The van der Waals surface area contributed by atoms with Gasteiger partial charge in [0, 0.05) is 16.3 Å². The highest BCUT2D eigenvalue weighted by molar-refractivity contribution is 7.92. The fourth-order valence-electron chi connectivity index (χ4n) is 3.78. The second-order valence-electron chi connectivity index (χ2n) is 9.36. The van der Waals surface area contributed by atoms with Crippen molar-refractivity contribution in [2.75, 3.05) is 18.4 Å². The average molecular weight is 636 g/mol. The second-order valence-corrected chi connectivity index (χ2v) is 11.5. The van der Waals surface area contributed by atoms with E-state index in [-0.39, 0.29) is 21.9 Å². The molecule has 0 unspecified atom stereocenters. The standard InChI is InChI=1S/C32H30ClN3O7S/c1-3-4-19-42-27-14-8-24(9-15-27)32(38)43-29-18-5-22(20-30(29)41-2)21-34-35-31(37)23-6-12-26(13-7-23)36-44(39,40)28-16-10-25(33)11-17-28/h5-18,20-21,36H,3-4,19H2,1-2H3,(H,35,37)/b34-21+. The molecule has 0 saturated carbocycles. The summed E-state index contributed by atoms with van der Waals surface area (Å²) in [7, 11) is -2.38. The zero-order chi connectivity index (χ0) is 31.5. The van der Waals surface area contributed by atoms with Gasteiger partial charge in [0.1, 0.15) is 5.75 Å². The Hall–Kier alpha value is -4.87. The van der Waals surface area contributed by atoms with Gasteiger partial charge in [0.2, 0.25) is 0 Å². The third kappa shape index (κ3) is 8.82. The number of anilines is 1. The number of sulfonamides is 1. The first-order valence-electron chi connectivity index (χ1n) is 13.5. The molecule has 0 saturated heterocycles. The predicted molar refractivity (Wildman–Crippen MR) is 169 cm³/mol. The first-order valence-corrected chi connectivity index (χ1v) is 15.4. The predicted octanol–water partition coefficient (Wildman–Crippen LogP) is 6.31. The highest BCUT2D eigenvalue weighted by Crippen LogP contribution is 2.29. The number of hydrazone groups is 1. The lowest BCUT2D eigenvalue weighted by atomic mass is 10.2. The largest absolute Gasteiger partial charge is 0.494 e. The van der Waals surface area contributed by atoms with Gasteiger partial charge in [0.05, 0.1) is 30.4 Å². The number of hydrogen-bond donors (Lipinski definition) is 2. The first-order chi connectivity index (χ1) is 21.2. The van der Waals surface area contributed by atoms with Crippen LogP contribution in [0.2, 0.25) is 5.02 Å². The first kappa shape index (κ1) is 32.1. The Labute approximate surface area is 260 Å². The van der Waals surface area contributed by atoms with Crippen molar-refractivity contribution in [2.45, 2.75) is 24.7 Å². The third-order valence-electron chi connectivity index (χ3n) is 6.15. The molecule has 0 aromatic heterocycles. The van der Waals surface area contributed by atoms with Gasteiger partial charge in [-0.1, -0.05) is 24.9 Å². The SMILES string of the molecule is CCCCOc1ccc(C(=O)Oc2ccc(/C=N/NC(=O)c3ccc(NS(=O)(=O)c4ccc(Cl)cc4)cc3)cc2OC)cc1. The molecule has 10 nitrogen and oxygen atoms in total. The van der Waals surface area contributed by atoms with Crippen molar-refractivity contribution in [1.82, 2.24) is 5.43 Å². The number of rotatable bonds is 13. The van der Waals surface area contributed by atoms with Crippen LogP contribution in [0.15, 0.2) is 101 Å². The van der Waals surface area contributed by atoms with E-state index in [1.807, 2.05) is 0 Å². The molecule has 4 aromatic rings. The molecule has 0 aliphatic carbocycles. The molecule has 0 fully saturated rings. The van der Waals surface area contributed by atoms with Crippen LogP contribution in [0.25, 0.3) is 0 Å². The van der Waals surface area contributed by atoms with E-state index in [1.165, 1.54) is 61.9 Å². The molecule has 0 heterocycles. The van der Waals surface area contributed by atoms with Crippen LogP contribution in [0.1, 0.15) is 46.0 Å². The van der Waals surface area contributed by atoms with E-state index in [2.05, 4.69) is 22.2 Å². The molecule has 0 radical (unpaired) electrons. The Morgan fingerprint density at radius 1 is 0.886 bits per heavy atom. The molecule has 4 rings (SSSR count). The van der Waals surface area contributed by atoms with Crippen molar-refractivity contribution in [3.05, 3.63) is 113 Å². The van der Waals surface area contributed by atoms with Crippen LogP contribution in [0, 0.1) is 0 Å². The van der Waals surface area contributed by atoms with Crippen molar-refractivity contribution in [1.29, 1.82) is 0 Å². The number of esters is 1. The van der Waals surface area contributed by atoms with Crippen LogP contribution in [0.5, 0.6) is 17.2 Å². The summed E-state index contributed by atoms with van der Waals surface area (Å²) >= 11 is 5.82. The average Bonchev–Trinajstić information content (AvgIpc) is 3.02. The molecule has 4 aromatic carbocycles. The van der Waals surface area contributed by atoms with E-state index in [0.29, 0.717) is 34.3 Å². The molecular formula is C32H30ClN3O7S. The van der Waals surface area contributed by atoms with Crippen LogP contribution < -0.4 is 24.4 Å². The van der Waals surface area contributed by atoms with Crippen molar-refractivity contribution >= 4 is 45.4 Å². The molecule has 0 aliphatic heterocycles. The number of nitrogens with one attached hydrogen (secondary N) is 2. The molecule has 0 aliphatic rings. The van der Waals surface area contributed by atoms with Gasteiger partial charge in [-0.3, -0.25) is 9.52 Å². The van der Waals surface area contributed by atoms with E-state index in [1.54, 1.807) is 42.5 Å². The Balaban J connectivity index is 1.32. The van der Waals surface area contributed by atoms with Crippen molar-refractivity contribution in [2.24, 2.45) is 5.10 Å². The zero-order valence-corrected chi connectivity index (χ0v) is 25.5. The topological polar surface area (TPSA) is 132 Å². The lowest BCUT2D eigenvalue weighted by Gasteiger charge is -2.10. The van der Waals surface area contributed by atoms with Gasteiger partial charge < -0.3 is 14.2 Å². The maximum Gasteiger partial charge on any atom is 0.343 e. The summed E-state index contributed by atoms with van der Waals surface area (Å²) in [6, 6.07) is 23.1. The lowest BCUT2D eigenvalue weighted by Crippen LogP contribution is -2.18. The summed E-state index contributed by atoms with van der Waals surface area (Å²) in [4.78, 5) is 25.2. The van der Waals surface area contributed by atoms with Gasteiger partial charge in [0.25, 0.3) is 15.9 Å². The normalized spacial score (nSPS) is 11.2. The molecule has 0 atom stereocenters. The summed E-state index contributed by atoms with van der Waals surface area (Å²) in [6.07, 6.45) is 3.38. The maximum atomic E-state index is 12.7. The van der Waals surface area contributed by atoms with E-state index >= 15 is 0 Å². The molecule has 2 N–H and O–H groups in total. The monoisotopic (exact) mass is 635 g/mol. The number of nitrogens with zero attached hydrogens (tertiary/aromatic N) is 1. The molecule has 1 amide bonds. The van der Waals surface area contributed by atoms with E-state index in [0.717, 1.165) is 12.8 Å². The Morgan fingerprint density at radius 2 is 1.57 bits per heavy atom. The number of unbranched alkanes of at least 4 members (excludes halogenated alkanes) is 1. The summed E-state index contributed by atoms with van der Waals surface area (Å²) < 4.78 is 44.1.